The van der Waals surface area contributed by atoms with Crippen molar-refractivity contribution in [1.82, 2.24) is 4.90 Å². The number of carbonyl (C=O) groups is 3. The zero-order valence-electron chi connectivity index (χ0n) is 13.9. The van der Waals surface area contributed by atoms with Gasteiger partial charge in [-0.25, -0.2) is 8.42 Å². The number of nitrogens with zero attached hydrogens (tertiary/aromatic N) is 1. The van der Waals surface area contributed by atoms with Gasteiger partial charge in [0.1, 0.15) is 0 Å². The smallest absolute Gasteiger partial charge is 0.261 e. The molecule has 1 heterocycles. The molecule has 3 amide bonds. The molecule has 8 heteroatoms. The van der Waals surface area contributed by atoms with E-state index in [2.05, 4.69) is 5.32 Å². The van der Waals surface area contributed by atoms with E-state index in [1.165, 1.54) is 31.2 Å². The third-order valence-electron chi connectivity index (χ3n) is 4.00. The number of rotatable bonds is 5. The maximum atomic E-state index is 12.5. The van der Waals surface area contributed by atoms with Gasteiger partial charge in [0.15, 0.2) is 9.84 Å². The van der Waals surface area contributed by atoms with Gasteiger partial charge in [-0.05, 0) is 36.4 Å². The first-order chi connectivity index (χ1) is 12.3. The molecule has 0 fully saturated rings. The Balaban J connectivity index is 1.72. The highest BCUT2D eigenvalue weighted by molar-refractivity contribution is 7.91. The Bertz CT molecular complexity index is 961. The van der Waals surface area contributed by atoms with E-state index in [4.69, 9.17) is 0 Å². The maximum absolute atomic E-state index is 12.5. The summed E-state index contributed by atoms with van der Waals surface area (Å²) in [4.78, 5) is 36.6. The Morgan fingerprint density at radius 1 is 0.962 bits per heavy atom. The second kappa shape index (κ2) is 6.72. The average molecular weight is 372 g/mol. The quantitative estimate of drug-likeness (QED) is 0.806. The SMILES string of the molecule is CC(=O)Nc1ccc(S(=O)(=O)CCN2C(=O)c3ccccc3C2=O)cc1. The van der Waals surface area contributed by atoms with E-state index in [0.717, 1.165) is 4.90 Å². The Morgan fingerprint density at radius 3 is 2.00 bits per heavy atom. The fraction of sp³-hybridized carbons (Fsp3) is 0.167. The highest BCUT2D eigenvalue weighted by atomic mass is 32.2. The van der Waals surface area contributed by atoms with E-state index in [0.29, 0.717) is 5.69 Å². The summed E-state index contributed by atoms with van der Waals surface area (Å²) >= 11 is 0. The average Bonchev–Trinajstić information content (AvgIpc) is 2.84. The van der Waals surface area contributed by atoms with Crippen molar-refractivity contribution in [3.05, 3.63) is 59.7 Å². The molecule has 7 nitrogen and oxygen atoms in total. The van der Waals surface area contributed by atoms with Gasteiger partial charge in [-0.3, -0.25) is 19.3 Å². The van der Waals surface area contributed by atoms with E-state index in [1.54, 1.807) is 24.3 Å². The first-order valence-corrected chi connectivity index (χ1v) is 9.50. The highest BCUT2D eigenvalue weighted by Gasteiger charge is 2.35. The minimum atomic E-state index is -3.69. The molecule has 0 atom stereocenters. The van der Waals surface area contributed by atoms with Gasteiger partial charge in [0.05, 0.1) is 21.8 Å². The molecule has 0 unspecified atom stereocenters. The van der Waals surface area contributed by atoms with Crippen molar-refractivity contribution in [3.8, 4) is 0 Å². The van der Waals surface area contributed by atoms with Crippen molar-refractivity contribution < 1.29 is 22.8 Å². The second-order valence-corrected chi connectivity index (χ2v) is 7.94. The summed E-state index contributed by atoms with van der Waals surface area (Å²) in [5, 5.41) is 2.55. The van der Waals surface area contributed by atoms with Crippen LogP contribution in [0.4, 0.5) is 5.69 Å². The number of carbonyl (C=O) groups excluding carboxylic acids is 3. The lowest BCUT2D eigenvalue weighted by Gasteiger charge is -2.14. The summed E-state index contributed by atoms with van der Waals surface area (Å²) in [6.07, 6.45) is 0. The van der Waals surface area contributed by atoms with Crippen LogP contribution in [0.15, 0.2) is 53.4 Å². The number of amides is 3. The molecule has 0 saturated carbocycles. The normalized spacial score (nSPS) is 13.7. The zero-order chi connectivity index (χ0) is 18.9. The van der Waals surface area contributed by atoms with Gasteiger partial charge in [-0.1, -0.05) is 12.1 Å². The van der Waals surface area contributed by atoms with Crippen LogP contribution in [0.2, 0.25) is 0 Å². The number of hydrogen-bond acceptors (Lipinski definition) is 5. The van der Waals surface area contributed by atoms with Gasteiger partial charge in [-0.15, -0.1) is 0 Å². The molecule has 2 aromatic carbocycles. The van der Waals surface area contributed by atoms with Gasteiger partial charge >= 0.3 is 0 Å². The number of fused-ring (bicyclic) bond motifs is 1. The monoisotopic (exact) mass is 372 g/mol. The zero-order valence-corrected chi connectivity index (χ0v) is 14.7. The molecule has 1 aliphatic rings. The minimum absolute atomic E-state index is 0.0585. The Morgan fingerprint density at radius 2 is 1.50 bits per heavy atom. The molecule has 1 N–H and O–H groups in total. The van der Waals surface area contributed by atoms with Gasteiger partial charge in [0, 0.05) is 19.2 Å². The van der Waals surface area contributed by atoms with Gasteiger partial charge < -0.3 is 5.32 Å². The van der Waals surface area contributed by atoms with Crippen molar-refractivity contribution in [3.63, 3.8) is 0 Å². The predicted molar refractivity (Wildman–Crippen MR) is 94.6 cm³/mol. The standard InChI is InChI=1S/C18H16N2O5S/c1-12(21)19-13-6-8-14(9-7-13)26(24,25)11-10-20-17(22)15-4-2-3-5-16(15)18(20)23/h2-9H,10-11H2,1H3,(H,19,21). The number of nitrogens with one attached hydrogen (secondary N) is 1. The lowest BCUT2D eigenvalue weighted by atomic mass is 10.1. The highest BCUT2D eigenvalue weighted by Crippen LogP contribution is 2.23. The first-order valence-electron chi connectivity index (χ1n) is 7.85. The van der Waals surface area contributed by atoms with Crippen molar-refractivity contribution in [1.29, 1.82) is 0 Å². The number of benzene rings is 2. The third-order valence-corrected chi connectivity index (χ3v) is 5.71. The summed E-state index contributed by atoms with van der Waals surface area (Å²) in [6.45, 7) is 1.13. The predicted octanol–water partition coefficient (Wildman–Crippen LogP) is 1.71. The van der Waals surface area contributed by atoms with Crippen LogP contribution in [0, 0.1) is 0 Å². The van der Waals surface area contributed by atoms with Gasteiger partial charge in [-0.2, -0.15) is 0 Å². The van der Waals surface area contributed by atoms with Crippen LogP contribution in [0.3, 0.4) is 0 Å². The van der Waals surface area contributed by atoms with Crippen LogP contribution >= 0.6 is 0 Å². The number of imide groups is 1. The molecule has 26 heavy (non-hydrogen) atoms. The summed E-state index contributed by atoms with van der Waals surface area (Å²) in [7, 11) is -3.69. The van der Waals surface area contributed by atoms with Crippen molar-refractivity contribution >= 4 is 33.2 Å². The van der Waals surface area contributed by atoms with Crippen molar-refractivity contribution in [2.45, 2.75) is 11.8 Å². The lowest BCUT2D eigenvalue weighted by molar-refractivity contribution is -0.114. The molecule has 3 rings (SSSR count). The van der Waals surface area contributed by atoms with Gasteiger partial charge in [0.25, 0.3) is 11.8 Å². The number of hydrogen-bond donors (Lipinski definition) is 1. The first kappa shape index (κ1) is 17.8. The summed E-state index contributed by atoms with van der Waals surface area (Å²) in [6, 6.07) is 12.1. The minimum Gasteiger partial charge on any atom is -0.326 e. The molecule has 0 bridgehead atoms. The van der Waals surface area contributed by atoms with Crippen molar-refractivity contribution in [2.75, 3.05) is 17.6 Å². The van der Waals surface area contributed by atoms with Crippen LogP contribution in [-0.4, -0.2) is 43.3 Å². The largest absolute Gasteiger partial charge is 0.326 e. The maximum Gasteiger partial charge on any atom is 0.261 e. The van der Waals surface area contributed by atoms with Crippen LogP contribution in [-0.2, 0) is 14.6 Å². The fourth-order valence-corrected chi connectivity index (χ4v) is 3.93. The molecular weight excluding hydrogens is 356 g/mol. The molecular formula is C18H16N2O5S. The Hall–Kier alpha value is -3.00. The molecule has 0 spiro atoms. The number of sulfone groups is 1. The molecule has 0 aliphatic carbocycles. The lowest BCUT2D eigenvalue weighted by Crippen LogP contribution is -2.34. The van der Waals surface area contributed by atoms with Gasteiger partial charge in [0.2, 0.25) is 5.91 Å². The molecule has 134 valence electrons. The van der Waals surface area contributed by atoms with Crippen LogP contribution < -0.4 is 5.32 Å². The number of anilines is 1. The van der Waals surface area contributed by atoms with E-state index in [1.807, 2.05) is 0 Å². The topological polar surface area (TPSA) is 101 Å². The molecule has 2 aromatic rings. The van der Waals surface area contributed by atoms with E-state index >= 15 is 0 Å². The van der Waals surface area contributed by atoms with E-state index in [-0.39, 0.29) is 34.2 Å². The summed E-state index contributed by atoms with van der Waals surface area (Å²) in [5.41, 5.74) is 1.06. The fourth-order valence-electron chi connectivity index (χ4n) is 2.72. The summed E-state index contributed by atoms with van der Waals surface area (Å²) in [5.74, 6) is -1.60. The Kier molecular flexibility index (Phi) is 4.60. The molecule has 0 radical (unpaired) electrons. The molecule has 0 saturated heterocycles. The van der Waals surface area contributed by atoms with E-state index < -0.39 is 21.7 Å². The third kappa shape index (κ3) is 3.36. The second-order valence-electron chi connectivity index (χ2n) is 5.83. The van der Waals surface area contributed by atoms with Crippen LogP contribution in [0.25, 0.3) is 0 Å². The van der Waals surface area contributed by atoms with E-state index in [9.17, 15) is 22.8 Å². The summed E-state index contributed by atoms with van der Waals surface area (Å²) < 4.78 is 24.9. The Labute approximate surface area is 150 Å². The molecule has 0 aromatic heterocycles. The molecule has 1 aliphatic heterocycles. The van der Waals surface area contributed by atoms with Crippen molar-refractivity contribution in [2.24, 2.45) is 0 Å². The van der Waals surface area contributed by atoms with Crippen LogP contribution in [0.1, 0.15) is 27.6 Å². The van der Waals surface area contributed by atoms with Crippen LogP contribution in [0.5, 0.6) is 0 Å².